The van der Waals surface area contributed by atoms with Gasteiger partial charge in [0.25, 0.3) is 0 Å². The van der Waals surface area contributed by atoms with Gasteiger partial charge in [-0.05, 0) is 73.1 Å². The summed E-state index contributed by atoms with van der Waals surface area (Å²) in [6.07, 6.45) is 4.20. The molecule has 1 aromatic rings. The third-order valence-corrected chi connectivity index (χ3v) is 6.65. The number of aliphatic hydroxyl groups excluding tert-OH is 1. The first-order valence-corrected chi connectivity index (χ1v) is 8.25. The molecule has 4 nitrogen and oxygen atoms in total. The zero-order chi connectivity index (χ0) is 15.5. The lowest BCUT2D eigenvalue weighted by molar-refractivity contribution is -0.0121. The van der Waals surface area contributed by atoms with Crippen molar-refractivity contribution in [2.24, 2.45) is 22.4 Å². The van der Waals surface area contributed by atoms with Gasteiger partial charge < -0.3 is 15.4 Å². The van der Waals surface area contributed by atoms with Crippen LogP contribution in [0.1, 0.15) is 49.7 Å². The SMILES string of the molecule is C[C@@]12CC[C@H]3c4ccc(O)cc4CC[C@@H]3[C@H]1C/C(=N\O)[C@H]2O. The van der Waals surface area contributed by atoms with Gasteiger partial charge in [0.05, 0.1) is 5.71 Å². The minimum Gasteiger partial charge on any atom is -0.508 e. The zero-order valence-corrected chi connectivity index (χ0v) is 12.9. The zero-order valence-electron chi connectivity index (χ0n) is 12.9. The molecule has 1 aromatic carbocycles. The minimum atomic E-state index is -0.607. The van der Waals surface area contributed by atoms with E-state index in [4.69, 9.17) is 0 Å². The van der Waals surface area contributed by atoms with E-state index in [1.54, 1.807) is 6.07 Å². The third kappa shape index (κ3) is 1.76. The molecule has 0 heterocycles. The summed E-state index contributed by atoms with van der Waals surface area (Å²) in [5.74, 6) is 1.77. The Morgan fingerprint density at radius 1 is 1.27 bits per heavy atom. The van der Waals surface area contributed by atoms with Crippen molar-refractivity contribution in [1.29, 1.82) is 0 Å². The van der Waals surface area contributed by atoms with Crippen LogP contribution in [0, 0.1) is 17.3 Å². The number of hydrogen-bond acceptors (Lipinski definition) is 4. The van der Waals surface area contributed by atoms with Crippen LogP contribution < -0.4 is 0 Å². The van der Waals surface area contributed by atoms with Crippen LogP contribution in [-0.4, -0.2) is 27.2 Å². The number of nitrogens with zero attached hydrogens (tertiary/aromatic N) is 1. The summed E-state index contributed by atoms with van der Waals surface area (Å²) in [7, 11) is 0. The fourth-order valence-electron chi connectivity index (χ4n) is 5.45. The molecule has 22 heavy (non-hydrogen) atoms. The highest BCUT2D eigenvalue weighted by Crippen LogP contribution is 2.60. The highest BCUT2D eigenvalue weighted by atomic mass is 16.4. The van der Waals surface area contributed by atoms with Crippen LogP contribution in [0.2, 0.25) is 0 Å². The molecule has 0 radical (unpaired) electrons. The highest BCUT2D eigenvalue weighted by molar-refractivity contribution is 5.91. The lowest BCUT2D eigenvalue weighted by Gasteiger charge is -2.49. The van der Waals surface area contributed by atoms with Crippen molar-refractivity contribution in [2.75, 3.05) is 0 Å². The highest BCUT2D eigenvalue weighted by Gasteiger charge is 2.57. The second kappa shape index (κ2) is 4.72. The molecular weight excluding hydrogens is 278 g/mol. The molecule has 118 valence electrons. The molecule has 0 aliphatic heterocycles. The second-order valence-corrected chi connectivity index (χ2v) is 7.54. The molecule has 0 saturated heterocycles. The molecule has 3 aliphatic carbocycles. The summed E-state index contributed by atoms with van der Waals surface area (Å²) in [4.78, 5) is 0. The maximum Gasteiger partial charge on any atom is 0.115 e. The Kier molecular flexibility index (Phi) is 3.02. The number of rotatable bonds is 0. The first kappa shape index (κ1) is 14.1. The van der Waals surface area contributed by atoms with Crippen molar-refractivity contribution in [2.45, 2.75) is 51.0 Å². The molecule has 4 heteroatoms. The summed E-state index contributed by atoms with van der Waals surface area (Å²) < 4.78 is 0. The maximum atomic E-state index is 10.5. The van der Waals surface area contributed by atoms with E-state index in [9.17, 15) is 15.4 Å². The lowest BCUT2D eigenvalue weighted by atomic mass is 9.55. The normalized spacial score (nSPS) is 41.8. The van der Waals surface area contributed by atoms with Crippen LogP contribution in [-0.2, 0) is 6.42 Å². The number of oxime groups is 1. The van der Waals surface area contributed by atoms with Gasteiger partial charge in [0, 0.05) is 5.41 Å². The summed E-state index contributed by atoms with van der Waals surface area (Å²) in [5, 5.41) is 32.8. The average molecular weight is 301 g/mol. The number of fused-ring (bicyclic) bond motifs is 5. The molecule has 4 rings (SSSR count). The number of phenolic OH excluding ortho intramolecular Hbond substituents is 1. The number of aliphatic hydroxyl groups is 1. The molecule has 0 aromatic heterocycles. The molecule has 0 bridgehead atoms. The topological polar surface area (TPSA) is 73.1 Å². The first-order valence-electron chi connectivity index (χ1n) is 8.25. The summed E-state index contributed by atoms with van der Waals surface area (Å²) in [5.41, 5.74) is 3.06. The van der Waals surface area contributed by atoms with E-state index < -0.39 is 6.10 Å². The van der Waals surface area contributed by atoms with Crippen molar-refractivity contribution in [3.05, 3.63) is 29.3 Å². The number of aromatic hydroxyl groups is 1. The van der Waals surface area contributed by atoms with Crippen molar-refractivity contribution in [1.82, 2.24) is 0 Å². The summed E-state index contributed by atoms with van der Waals surface area (Å²) in [6.45, 7) is 2.16. The Balaban J connectivity index is 1.72. The molecule has 0 spiro atoms. The molecule has 0 unspecified atom stereocenters. The van der Waals surface area contributed by atoms with Crippen LogP contribution in [0.3, 0.4) is 0 Å². The van der Waals surface area contributed by atoms with Crippen LogP contribution in [0.25, 0.3) is 0 Å². The molecule has 2 fully saturated rings. The first-order chi connectivity index (χ1) is 10.5. The molecule has 2 saturated carbocycles. The van der Waals surface area contributed by atoms with Gasteiger partial charge in [-0.3, -0.25) is 0 Å². The Bertz CT molecular complexity index is 641. The number of benzene rings is 1. The van der Waals surface area contributed by atoms with Crippen molar-refractivity contribution < 1.29 is 15.4 Å². The molecular formula is C18H23NO3. The van der Waals surface area contributed by atoms with Crippen LogP contribution >= 0.6 is 0 Å². The van der Waals surface area contributed by atoms with Gasteiger partial charge in [-0.15, -0.1) is 0 Å². The van der Waals surface area contributed by atoms with Crippen molar-refractivity contribution in [3.63, 3.8) is 0 Å². The van der Waals surface area contributed by atoms with Crippen LogP contribution in [0.5, 0.6) is 5.75 Å². The van der Waals surface area contributed by atoms with E-state index in [0.29, 0.717) is 35.6 Å². The summed E-state index contributed by atoms with van der Waals surface area (Å²) >= 11 is 0. The van der Waals surface area contributed by atoms with Gasteiger partial charge in [0.1, 0.15) is 11.9 Å². The van der Waals surface area contributed by atoms with Gasteiger partial charge in [-0.25, -0.2) is 0 Å². The molecule has 3 N–H and O–H groups in total. The molecule has 5 atom stereocenters. The number of phenols is 1. The minimum absolute atomic E-state index is 0.156. The van der Waals surface area contributed by atoms with E-state index in [-0.39, 0.29) is 5.41 Å². The summed E-state index contributed by atoms with van der Waals surface area (Å²) in [6, 6.07) is 5.78. The fourth-order valence-corrected chi connectivity index (χ4v) is 5.45. The van der Waals surface area contributed by atoms with Gasteiger partial charge in [0.2, 0.25) is 0 Å². The quantitative estimate of drug-likeness (QED) is 0.509. The Morgan fingerprint density at radius 3 is 2.86 bits per heavy atom. The van der Waals surface area contributed by atoms with Gasteiger partial charge in [-0.1, -0.05) is 18.1 Å². The third-order valence-electron chi connectivity index (χ3n) is 6.65. The Labute approximate surface area is 130 Å². The van der Waals surface area contributed by atoms with Crippen LogP contribution in [0.4, 0.5) is 0 Å². The Hall–Kier alpha value is -1.55. The van der Waals surface area contributed by atoms with Gasteiger partial charge >= 0.3 is 0 Å². The van der Waals surface area contributed by atoms with E-state index >= 15 is 0 Å². The largest absolute Gasteiger partial charge is 0.508 e. The smallest absolute Gasteiger partial charge is 0.115 e. The lowest BCUT2D eigenvalue weighted by Crippen LogP contribution is -2.44. The molecule has 0 amide bonds. The maximum absolute atomic E-state index is 10.5. The predicted molar refractivity (Wildman–Crippen MR) is 83.3 cm³/mol. The standard InChI is InChI=1S/C18H23NO3/c1-18-7-6-13-12-5-3-11(20)8-10(12)2-4-14(13)15(18)9-16(19-22)17(18)21/h3,5,8,13-15,17,20-22H,2,4,6-7,9H2,1H3/b19-16+/t13-,14-,15+,17+,18+/m0/s1. The molecule has 3 aliphatic rings. The number of hydrogen-bond donors (Lipinski definition) is 3. The average Bonchev–Trinajstić information content (AvgIpc) is 2.78. The van der Waals surface area contributed by atoms with Crippen molar-refractivity contribution >= 4 is 5.71 Å². The van der Waals surface area contributed by atoms with E-state index in [2.05, 4.69) is 18.1 Å². The van der Waals surface area contributed by atoms with Crippen molar-refractivity contribution in [3.8, 4) is 5.75 Å². The van der Waals surface area contributed by atoms with Gasteiger partial charge in [-0.2, -0.15) is 0 Å². The fraction of sp³-hybridized carbons (Fsp3) is 0.611. The van der Waals surface area contributed by atoms with Gasteiger partial charge in [0.15, 0.2) is 0 Å². The van der Waals surface area contributed by atoms with E-state index in [0.717, 1.165) is 25.7 Å². The van der Waals surface area contributed by atoms with E-state index in [1.165, 1.54) is 11.1 Å². The number of aryl methyl sites for hydroxylation is 1. The van der Waals surface area contributed by atoms with Crippen LogP contribution in [0.15, 0.2) is 23.4 Å². The monoisotopic (exact) mass is 301 g/mol. The Morgan fingerprint density at radius 2 is 2.09 bits per heavy atom. The van der Waals surface area contributed by atoms with E-state index in [1.807, 2.05) is 6.07 Å². The second-order valence-electron chi connectivity index (χ2n) is 7.54. The predicted octanol–water partition coefficient (Wildman–Crippen LogP) is 3.05.